The van der Waals surface area contributed by atoms with Crippen molar-refractivity contribution in [3.05, 3.63) is 66.6 Å². The SMILES string of the molecule is Nc1nc(-c2ccc3c(N)n[nH]c3c2)cc(N2CCC[CH]C2Cc2ccccc2)n1. The zero-order valence-electron chi connectivity index (χ0n) is 16.6. The van der Waals surface area contributed by atoms with Crippen LogP contribution in [0.5, 0.6) is 0 Å². The number of anilines is 3. The molecule has 4 aromatic rings. The van der Waals surface area contributed by atoms with Gasteiger partial charge in [0.25, 0.3) is 0 Å². The van der Waals surface area contributed by atoms with Gasteiger partial charge in [-0.3, -0.25) is 5.10 Å². The summed E-state index contributed by atoms with van der Waals surface area (Å²) in [6.45, 7) is 0.944. The molecule has 5 N–H and O–H groups in total. The highest BCUT2D eigenvalue weighted by Gasteiger charge is 2.25. The van der Waals surface area contributed by atoms with Crippen LogP contribution in [-0.4, -0.2) is 32.8 Å². The van der Waals surface area contributed by atoms with Gasteiger partial charge in [0.05, 0.1) is 11.2 Å². The summed E-state index contributed by atoms with van der Waals surface area (Å²) < 4.78 is 0. The van der Waals surface area contributed by atoms with E-state index in [1.807, 2.05) is 30.3 Å². The first-order valence-corrected chi connectivity index (χ1v) is 10.2. The van der Waals surface area contributed by atoms with Gasteiger partial charge < -0.3 is 16.4 Å². The van der Waals surface area contributed by atoms with Crippen molar-refractivity contribution >= 4 is 28.5 Å². The summed E-state index contributed by atoms with van der Waals surface area (Å²) in [6.07, 6.45) is 5.54. The molecule has 1 unspecified atom stereocenters. The van der Waals surface area contributed by atoms with Gasteiger partial charge in [0.2, 0.25) is 5.95 Å². The van der Waals surface area contributed by atoms with Crippen LogP contribution in [0.2, 0.25) is 0 Å². The van der Waals surface area contributed by atoms with Crippen LogP contribution in [0.15, 0.2) is 54.6 Å². The fourth-order valence-electron chi connectivity index (χ4n) is 4.15. The molecule has 0 amide bonds. The van der Waals surface area contributed by atoms with Crippen molar-refractivity contribution in [1.82, 2.24) is 20.2 Å². The van der Waals surface area contributed by atoms with Gasteiger partial charge in [-0.2, -0.15) is 10.1 Å². The smallest absolute Gasteiger partial charge is 0.222 e. The van der Waals surface area contributed by atoms with E-state index in [1.54, 1.807) is 0 Å². The molecule has 0 saturated carbocycles. The van der Waals surface area contributed by atoms with Gasteiger partial charge >= 0.3 is 0 Å². The number of hydrogen-bond donors (Lipinski definition) is 3. The molecule has 1 radical (unpaired) electrons. The fourth-order valence-corrected chi connectivity index (χ4v) is 4.15. The minimum atomic E-state index is 0.274. The first kappa shape index (κ1) is 18.4. The predicted molar refractivity (Wildman–Crippen MR) is 121 cm³/mol. The summed E-state index contributed by atoms with van der Waals surface area (Å²) in [5.74, 6) is 1.63. The lowest BCUT2D eigenvalue weighted by Crippen LogP contribution is -2.42. The summed E-state index contributed by atoms with van der Waals surface area (Å²) >= 11 is 0. The van der Waals surface area contributed by atoms with Gasteiger partial charge in [0.15, 0.2) is 5.82 Å². The van der Waals surface area contributed by atoms with Gasteiger partial charge in [0, 0.05) is 29.6 Å². The molecule has 1 aliphatic rings. The van der Waals surface area contributed by atoms with E-state index < -0.39 is 0 Å². The minimum Gasteiger partial charge on any atom is -0.382 e. The van der Waals surface area contributed by atoms with E-state index >= 15 is 0 Å². The number of nitrogens with zero attached hydrogens (tertiary/aromatic N) is 4. The lowest BCUT2D eigenvalue weighted by Gasteiger charge is -2.37. The number of fused-ring (bicyclic) bond motifs is 1. The molecule has 0 aliphatic carbocycles. The van der Waals surface area contributed by atoms with Crippen molar-refractivity contribution in [2.75, 3.05) is 22.9 Å². The lowest BCUT2D eigenvalue weighted by atomic mass is 9.95. The van der Waals surface area contributed by atoms with E-state index in [0.29, 0.717) is 5.82 Å². The largest absolute Gasteiger partial charge is 0.382 e. The number of aromatic nitrogens is 4. The molecule has 3 heterocycles. The number of nitrogens with two attached hydrogens (primary N) is 2. The van der Waals surface area contributed by atoms with Crippen LogP contribution in [0, 0.1) is 6.42 Å². The Morgan fingerprint density at radius 2 is 1.90 bits per heavy atom. The first-order chi connectivity index (χ1) is 14.7. The highest BCUT2D eigenvalue weighted by molar-refractivity contribution is 5.91. The number of piperidine rings is 1. The Hall–Kier alpha value is -3.61. The molecule has 2 aromatic carbocycles. The summed E-state index contributed by atoms with van der Waals surface area (Å²) in [4.78, 5) is 11.4. The summed E-state index contributed by atoms with van der Waals surface area (Å²) in [5.41, 5.74) is 15.9. The van der Waals surface area contributed by atoms with Crippen molar-refractivity contribution < 1.29 is 0 Å². The average Bonchev–Trinajstić information content (AvgIpc) is 3.14. The summed E-state index contributed by atoms with van der Waals surface area (Å²) in [7, 11) is 0. The van der Waals surface area contributed by atoms with Crippen LogP contribution in [0.1, 0.15) is 18.4 Å². The molecule has 7 heteroatoms. The number of rotatable bonds is 4. The number of aromatic amines is 1. The van der Waals surface area contributed by atoms with Gasteiger partial charge in [0.1, 0.15) is 5.82 Å². The minimum absolute atomic E-state index is 0.274. The second kappa shape index (κ2) is 7.67. The highest BCUT2D eigenvalue weighted by Crippen LogP contribution is 2.30. The molecule has 5 rings (SSSR count). The van der Waals surface area contributed by atoms with E-state index in [2.05, 4.69) is 55.8 Å². The van der Waals surface area contributed by atoms with Crippen LogP contribution >= 0.6 is 0 Å². The van der Waals surface area contributed by atoms with Crippen molar-refractivity contribution in [3.8, 4) is 11.3 Å². The molecule has 2 aromatic heterocycles. The molecular weight excluding hydrogens is 374 g/mol. The monoisotopic (exact) mass is 398 g/mol. The van der Waals surface area contributed by atoms with Crippen molar-refractivity contribution in [2.45, 2.75) is 25.3 Å². The zero-order valence-corrected chi connectivity index (χ0v) is 16.6. The third-order valence-corrected chi connectivity index (χ3v) is 5.64. The maximum absolute atomic E-state index is 6.12. The van der Waals surface area contributed by atoms with Gasteiger partial charge in [-0.25, -0.2) is 4.98 Å². The Morgan fingerprint density at radius 1 is 1.03 bits per heavy atom. The molecule has 1 saturated heterocycles. The molecule has 1 fully saturated rings. The van der Waals surface area contributed by atoms with Crippen LogP contribution in [-0.2, 0) is 6.42 Å². The standard InChI is InChI=1S/C23H24N7/c24-22-18-10-9-16(13-20(18)28-29-22)19-14-21(27-23(25)26-19)30-11-5-4-8-17(30)12-15-6-2-1-3-7-15/h1-3,6-10,13-14,17H,4-5,11-12H2,(H3,24,28,29)(H2,25,26,27). The lowest BCUT2D eigenvalue weighted by molar-refractivity contribution is 0.544. The van der Waals surface area contributed by atoms with Crippen LogP contribution in [0.3, 0.4) is 0 Å². The average molecular weight is 398 g/mol. The Bertz CT molecular complexity index is 1170. The quantitative estimate of drug-likeness (QED) is 0.484. The van der Waals surface area contributed by atoms with Crippen LogP contribution < -0.4 is 16.4 Å². The molecule has 30 heavy (non-hydrogen) atoms. The van der Waals surface area contributed by atoms with Crippen molar-refractivity contribution in [1.29, 1.82) is 0 Å². The van der Waals surface area contributed by atoms with E-state index in [0.717, 1.165) is 53.8 Å². The highest BCUT2D eigenvalue weighted by atomic mass is 15.2. The zero-order chi connectivity index (χ0) is 20.5. The van der Waals surface area contributed by atoms with Crippen molar-refractivity contribution in [3.63, 3.8) is 0 Å². The maximum atomic E-state index is 6.12. The number of nitrogens with one attached hydrogen (secondary N) is 1. The van der Waals surface area contributed by atoms with Gasteiger partial charge in [-0.05, 0) is 43.4 Å². The normalized spacial score (nSPS) is 16.8. The second-order valence-electron chi connectivity index (χ2n) is 7.67. The van der Waals surface area contributed by atoms with E-state index in [1.165, 1.54) is 5.56 Å². The number of nitrogen functional groups attached to an aromatic ring is 2. The van der Waals surface area contributed by atoms with Crippen LogP contribution in [0.4, 0.5) is 17.6 Å². The molecule has 0 spiro atoms. The number of benzene rings is 2. The maximum Gasteiger partial charge on any atom is 0.222 e. The fraction of sp³-hybridized carbons (Fsp3) is 0.217. The second-order valence-corrected chi connectivity index (χ2v) is 7.67. The molecule has 0 bridgehead atoms. The van der Waals surface area contributed by atoms with E-state index in [-0.39, 0.29) is 12.0 Å². The predicted octanol–water partition coefficient (Wildman–Crippen LogP) is 3.60. The third-order valence-electron chi connectivity index (χ3n) is 5.64. The van der Waals surface area contributed by atoms with E-state index in [4.69, 9.17) is 11.5 Å². The van der Waals surface area contributed by atoms with Crippen molar-refractivity contribution in [2.24, 2.45) is 0 Å². The first-order valence-electron chi connectivity index (χ1n) is 10.2. The van der Waals surface area contributed by atoms with Crippen LogP contribution in [0.25, 0.3) is 22.2 Å². The molecule has 1 aliphatic heterocycles. The number of hydrogen-bond acceptors (Lipinski definition) is 6. The van der Waals surface area contributed by atoms with Gasteiger partial charge in [-0.1, -0.05) is 36.4 Å². The summed E-state index contributed by atoms with van der Waals surface area (Å²) in [5, 5.41) is 7.93. The Kier molecular flexibility index (Phi) is 4.71. The Labute approximate surface area is 175 Å². The molecular formula is C23H24N7. The Balaban J connectivity index is 1.49. The Morgan fingerprint density at radius 3 is 2.77 bits per heavy atom. The molecule has 151 valence electrons. The third kappa shape index (κ3) is 3.54. The molecule has 7 nitrogen and oxygen atoms in total. The van der Waals surface area contributed by atoms with Gasteiger partial charge in [-0.15, -0.1) is 0 Å². The molecule has 1 atom stereocenters. The number of H-pyrrole nitrogens is 1. The summed E-state index contributed by atoms with van der Waals surface area (Å²) in [6, 6.07) is 18.8. The topological polar surface area (TPSA) is 110 Å². The van der Waals surface area contributed by atoms with E-state index in [9.17, 15) is 0 Å².